The van der Waals surface area contributed by atoms with Crippen LogP contribution in [0.1, 0.15) is 25.7 Å². The SMILES string of the molecule is CS(=O)(=O)c1ccccc1NC1(CO)CCCC1. The molecule has 2 N–H and O–H groups in total. The van der Waals surface area contributed by atoms with Crippen LogP contribution in [0.25, 0.3) is 0 Å². The number of nitrogens with one attached hydrogen (secondary N) is 1. The summed E-state index contributed by atoms with van der Waals surface area (Å²) in [6.07, 6.45) is 5.08. The molecule has 5 heteroatoms. The Hall–Kier alpha value is -1.07. The van der Waals surface area contributed by atoms with Gasteiger partial charge in [0.25, 0.3) is 0 Å². The number of sulfone groups is 1. The van der Waals surface area contributed by atoms with Gasteiger partial charge >= 0.3 is 0 Å². The number of aliphatic hydroxyl groups is 1. The fourth-order valence-electron chi connectivity index (χ4n) is 2.55. The van der Waals surface area contributed by atoms with Crippen molar-refractivity contribution in [3.05, 3.63) is 24.3 Å². The summed E-state index contributed by atoms with van der Waals surface area (Å²) in [5, 5.41) is 12.8. The molecule has 0 aliphatic heterocycles. The van der Waals surface area contributed by atoms with Crippen LogP contribution in [0.2, 0.25) is 0 Å². The normalized spacial score (nSPS) is 18.8. The maximum atomic E-state index is 11.7. The van der Waals surface area contributed by atoms with Crippen molar-refractivity contribution in [3.63, 3.8) is 0 Å². The van der Waals surface area contributed by atoms with Gasteiger partial charge in [0.2, 0.25) is 0 Å². The van der Waals surface area contributed by atoms with Crippen LogP contribution in [-0.4, -0.2) is 31.9 Å². The molecule has 0 unspecified atom stereocenters. The Labute approximate surface area is 108 Å². The van der Waals surface area contributed by atoms with Crippen molar-refractivity contribution < 1.29 is 13.5 Å². The summed E-state index contributed by atoms with van der Waals surface area (Å²) in [5.41, 5.74) is 0.233. The summed E-state index contributed by atoms with van der Waals surface area (Å²) < 4.78 is 23.4. The van der Waals surface area contributed by atoms with Crippen molar-refractivity contribution >= 4 is 15.5 Å². The number of rotatable bonds is 4. The van der Waals surface area contributed by atoms with Crippen LogP contribution in [0.15, 0.2) is 29.2 Å². The minimum Gasteiger partial charge on any atom is -0.394 e. The molecular weight excluding hydrogens is 250 g/mol. The Morgan fingerprint density at radius 3 is 2.44 bits per heavy atom. The number of anilines is 1. The van der Waals surface area contributed by atoms with Gasteiger partial charge in [-0.3, -0.25) is 0 Å². The van der Waals surface area contributed by atoms with Crippen LogP contribution in [-0.2, 0) is 9.84 Å². The van der Waals surface area contributed by atoms with Crippen molar-refractivity contribution in [2.75, 3.05) is 18.2 Å². The molecule has 1 aromatic carbocycles. The monoisotopic (exact) mass is 269 g/mol. The molecule has 1 aliphatic carbocycles. The lowest BCUT2D eigenvalue weighted by atomic mass is 9.98. The molecule has 0 radical (unpaired) electrons. The highest BCUT2D eigenvalue weighted by atomic mass is 32.2. The lowest BCUT2D eigenvalue weighted by Gasteiger charge is -2.30. The zero-order valence-corrected chi connectivity index (χ0v) is 11.3. The van der Waals surface area contributed by atoms with Crippen molar-refractivity contribution in [1.29, 1.82) is 0 Å². The summed E-state index contributed by atoms with van der Waals surface area (Å²) in [6, 6.07) is 6.86. The molecule has 0 amide bonds. The van der Waals surface area contributed by atoms with Gasteiger partial charge in [0.1, 0.15) is 0 Å². The molecule has 1 fully saturated rings. The molecule has 0 heterocycles. The summed E-state index contributed by atoms with van der Waals surface area (Å²) in [5.74, 6) is 0. The van der Waals surface area contributed by atoms with Crippen molar-refractivity contribution in [1.82, 2.24) is 0 Å². The minimum absolute atomic E-state index is 0.0328. The van der Waals surface area contributed by atoms with E-state index in [1.54, 1.807) is 24.3 Å². The van der Waals surface area contributed by atoms with Gasteiger partial charge < -0.3 is 10.4 Å². The highest BCUT2D eigenvalue weighted by Crippen LogP contribution is 2.34. The van der Waals surface area contributed by atoms with Crippen molar-refractivity contribution in [3.8, 4) is 0 Å². The molecule has 0 bridgehead atoms. The second kappa shape index (κ2) is 4.90. The number of aliphatic hydroxyl groups excluding tert-OH is 1. The molecule has 1 aromatic rings. The molecule has 1 saturated carbocycles. The minimum atomic E-state index is -3.25. The molecule has 4 nitrogen and oxygen atoms in total. The molecule has 0 saturated heterocycles. The first kappa shape index (κ1) is 13.4. The van der Waals surface area contributed by atoms with Crippen LogP contribution in [0, 0.1) is 0 Å². The first-order valence-electron chi connectivity index (χ1n) is 6.15. The van der Waals surface area contributed by atoms with Gasteiger partial charge in [-0.1, -0.05) is 25.0 Å². The molecule has 18 heavy (non-hydrogen) atoms. The third-order valence-corrected chi connectivity index (χ3v) is 4.70. The second-order valence-corrected chi connectivity index (χ2v) is 7.02. The molecule has 1 aliphatic rings. The predicted octanol–water partition coefficient (Wildman–Crippen LogP) is 1.81. The van der Waals surface area contributed by atoms with Crippen LogP contribution in [0.4, 0.5) is 5.69 Å². The van der Waals surface area contributed by atoms with Gasteiger partial charge in [0.05, 0.1) is 22.7 Å². The average Bonchev–Trinajstić information content (AvgIpc) is 2.78. The fraction of sp³-hybridized carbons (Fsp3) is 0.538. The lowest BCUT2D eigenvalue weighted by Crippen LogP contribution is -2.39. The highest BCUT2D eigenvalue weighted by Gasteiger charge is 2.33. The standard InChI is InChI=1S/C13H19NO3S/c1-18(16,17)12-7-3-2-6-11(12)14-13(10-15)8-4-5-9-13/h2-3,6-7,14-15H,4-5,8-10H2,1H3. The summed E-state index contributed by atoms with van der Waals surface area (Å²) in [4.78, 5) is 0.296. The van der Waals surface area contributed by atoms with E-state index in [0.717, 1.165) is 25.7 Å². The van der Waals surface area contributed by atoms with Gasteiger partial charge in [0.15, 0.2) is 9.84 Å². The molecular formula is C13H19NO3S. The number of para-hydroxylation sites is 1. The molecule has 0 spiro atoms. The third-order valence-electron chi connectivity index (χ3n) is 3.55. The lowest BCUT2D eigenvalue weighted by molar-refractivity contribution is 0.214. The van der Waals surface area contributed by atoms with Crippen LogP contribution >= 0.6 is 0 Å². The van der Waals surface area contributed by atoms with E-state index in [-0.39, 0.29) is 12.1 Å². The first-order chi connectivity index (χ1) is 8.47. The Balaban J connectivity index is 2.35. The van der Waals surface area contributed by atoms with Crippen molar-refractivity contribution in [2.24, 2.45) is 0 Å². The zero-order chi connectivity index (χ0) is 13.2. The molecule has 0 aromatic heterocycles. The predicted molar refractivity (Wildman–Crippen MR) is 71.5 cm³/mol. The second-order valence-electron chi connectivity index (χ2n) is 5.04. The highest BCUT2D eigenvalue weighted by molar-refractivity contribution is 7.90. The molecule has 100 valence electrons. The Morgan fingerprint density at radius 1 is 1.28 bits per heavy atom. The Morgan fingerprint density at radius 2 is 1.89 bits per heavy atom. The third kappa shape index (κ3) is 2.67. The van der Waals surface area contributed by atoms with E-state index in [0.29, 0.717) is 10.6 Å². The number of benzene rings is 1. The van der Waals surface area contributed by atoms with E-state index in [1.807, 2.05) is 0 Å². The number of hydrogen-bond acceptors (Lipinski definition) is 4. The van der Waals surface area contributed by atoms with Crippen LogP contribution in [0.3, 0.4) is 0 Å². The van der Waals surface area contributed by atoms with Gasteiger partial charge in [-0.15, -0.1) is 0 Å². The van der Waals surface area contributed by atoms with E-state index in [4.69, 9.17) is 0 Å². The van der Waals surface area contributed by atoms with Gasteiger partial charge in [0, 0.05) is 6.26 Å². The van der Waals surface area contributed by atoms with E-state index >= 15 is 0 Å². The quantitative estimate of drug-likeness (QED) is 0.875. The van der Waals surface area contributed by atoms with Crippen molar-refractivity contribution in [2.45, 2.75) is 36.1 Å². The van der Waals surface area contributed by atoms with E-state index in [1.165, 1.54) is 6.26 Å². The molecule has 0 atom stereocenters. The first-order valence-corrected chi connectivity index (χ1v) is 8.04. The fourth-order valence-corrected chi connectivity index (χ4v) is 3.40. The van der Waals surface area contributed by atoms with Gasteiger partial charge in [-0.25, -0.2) is 8.42 Å². The average molecular weight is 269 g/mol. The van der Waals surface area contributed by atoms with Gasteiger partial charge in [-0.05, 0) is 25.0 Å². The summed E-state index contributed by atoms with van der Waals surface area (Å²) >= 11 is 0. The number of hydrogen-bond donors (Lipinski definition) is 2. The Kier molecular flexibility index (Phi) is 3.64. The maximum absolute atomic E-state index is 11.7. The zero-order valence-electron chi connectivity index (χ0n) is 10.5. The van der Waals surface area contributed by atoms with Gasteiger partial charge in [-0.2, -0.15) is 0 Å². The summed E-state index contributed by atoms with van der Waals surface area (Å²) in [6.45, 7) is 0.0328. The molecule has 2 rings (SSSR count). The summed E-state index contributed by atoms with van der Waals surface area (Å²) in [7, 11) is -3.25. The maximum Gasteiger partial charge on any atom is 0.177 e. The van der Waals surface area contributed by atoms with E-state index in [9.17, 15) is 13.5 Å². The smallest absolute Gasteiger partial charge is 0.177 e. The Bertz CT molecular complexity index is 519. The largest absolute Gasteiger partial charge is 0.394 e. The van der Waals surface area contributed by atoms with E-state index < -0.39 is 9.84 Å². The van der Waals surface area contributed by atoms with Crippen LogP contribution < -0.4 is 5.32 Å². The topological polar surface area (TPSA) is 66.4 Å². The van der Waals surface area contributed by atoms with E-state index in [2.05, 4.69) is 5.32 Å². The van der Waals surface area contributed by atoms with Crippen LogP contribution in [0.5, 0.6) is 0 Å².